The summed E-state index contributed by atoms with van der Waals surface area (Å²) in [5.41, 5.74) is 1.27. The Kier molecular flexibility index (Phi) is 5.37. The van der Waals surface area contributed by atoms with E-state index in [9.17, 15) is 4.79 Å². The average Bonchev–Trinajstić information content (AvgIpc) is 2.90. The molecule has 2 rings (SSSR count). The fraction of sp³-hybridized carbons (Fsp3) is 0.250. The average molecular weight is 319 g/mol. The van der Waals surface area contributed by atoms with Crippen molar-refractivity contribution in [1.29, 1.82) is 0 Å². The lowest BCUT2D eigenvalue weighted by molar-refractivity contribution is -0.131. The SMILES string of the molecule is COc1cc(CO)ccc1OCc1nc(C=CC(=O)O)oc1C. The van der Waals surface area contributed by atoms with Gasteiger partial charge in [0.15, 0.2) is 11.5 Å². The second-order valence-corrected chi connectivity index (χ2v) is 4.66. The first-order chi connectivity index (χ1) is 11.0. The van der Waals surface area contributed by atoms with Crippen LogP contribution in [0.5, 0.6) is 11.5 Å². The first-order valence-corrected chi connectivity index (χ1v) is 6.81. The maximum absolute atomic E-state index is 10.5. The first kappa shape index (κ1) is 16.6. The van der Waals surface area contributed by atoms with Gasteiger partial charge in [0.1, 0.15) is 18.1 Å². The van der Waals surface area contributed by atoms with Gasteiger partial charge in [-0.05, 0) is 24.6 Å². The van der Waals surface area contributed by atoms with Crippen LogP contribution < -0.4 is 9.47 Å². The van der Waals surface area contributed by atoms with Crippen LogP contribution in [0.2, 0.25) is 0 Å². The van der Waals surface area contributed by atoms with Crippen molar-refractivity contribution < 1.29 is 28.9 Å². The molecule has 0 saturated heterocycles. The number of methoxy groups -OCH3 is 1. The fourth-order valence-corrected chi connectivity index (χ4v) is 1.87. The van der Waals surface area contributed by atoms with Gasteiger partial charge in [-0.1, -0.05) is 6.07 Å². The van der Waals surface area contributed by atoms with E-state index in [4.69, 9.17) is 24.1 Å². The number of oxazole rings is 1. The van der Waals surface area contributed by atoms with Gasteiger partial charge < -0.3 is 24.1 Å². The van der Waals surface area contributed by atoms with Crippen LogP contribution in [0.1, 0.15) is 22.9 Å². The summed E-state index contributed by atoms with van der Waals surface area (Å²) in [7, 11) is 1.51. The molecule has 7 heteroatoms. The molecule has 1 aromatic carbocycles. The minimum Gasteiger partial charge on any atom is -0.493 e. The number of benzene rings is 1. The van der Waals surface area contributed by atoms with Crippen molar-refractivity contribution in [2.45, 2.75) is 20.1 Å². The van der Waals surface area contributed by atoms with Crippen molar-refractivity contribution in [3.05, 3.63) is 47.2 Å². The lowest BCUT2D eigenvalue weighted by Crippen LogP contribution is -2.00. The highest BCUT2D eigenvalue weighted by Gasteiger charge is 2.11. The largest absolute Gasteiger partial charge is 0.493 e. The van der Waals surface area contributed by atoms with E-state index < -0.39 is 5.97 Å². The van der Waals surface area contributed by atoms with Crippen molar-refractivity contribution in [2.75, 3.05) is 7.11 Å². The summed E-state index contributed by atoms with van der Waals surface area (Å²) in [6.45, 7) is 1.78. The number of carboxylic acid groups (broad SMARTS) is 1. The van der Waals surface area contributed by atoms with E-state index in [1.54, 1.807) is 25.1 Å². The van der Waals surface area contributed by atoms with Crippen LogP contribution in [-0.2, 0) is 18.0 Å². The molecule has 0 aliphatic rings. The molecule has 0 aliphatic heterocycles. The normalized spacial score (nSPS) is 10.9. The van der Waals surface area contributed by atoms with E-state index >= 15 is 0 Å². The minimum absolute atomic E-state index is 0.0850. The maximum atomic E-state index is 10.5. The molecule has 0 amide bonds. The number of carboxylic acids is 1. The molecule has 2 aromatic rings. The van der Waals surface area contributed by atoms with Crippen LogP contribution in [0.4, 0.5) is 0 Å². The van der Waals surface area contributed by atoms with Gasteiger partial charge in [0, 0.05) is 12.2 Å². The molecule has 2 N–H and O–H groups in total. The third kappa shape index (κ3) is 4.33. The molecular formula is C16H17NO6. The Bertz CT molecular complexity index is 719. The van der Waals surface area contributed by atoms with Crippen LogP contribution >= 0.6 is 0 Å². The van der Waals surface area contributed by atoms with Gasteiger partial charge in [-0.3, -0.25) is 0 Å². The molecule has 0 bridgehead atoms. The second kappa shape index (κ2) is 7.46. The predicted molar refractivity (Wildman–Crippen MR) is 81.2 cm³/mol. The number of ether oxygens (including phenoxy) is 2. The highest BCUT2D eigenvalue weighted by molar-refractivity contribution is 5.84. The topological polar surface area (TPSA) is 102 Å². The number of aliphatic hydroxyl groups excluding tert-OH is 1. The van der Waals surface area contributed by atoms with E-state index in [0.29, 0.717) is 28.5 Å². The molecule has 1 aromatic heterocycles. The Morgan fingerprint density at radius 2 is 2.17 bits per heavy atom. The van der Waals surface area contributed by atoms with Crippen LogP contribution in [0.3, 0.4) is 0 Å². The van der Waals surface area contributed by atoms with Gasteiger partial charge >= 0.3 is 5.97 Å². The Labute approximate surface area is 132 Å². The Morgan fingerprint density at radius 3 is 2.83 bits per heavy atom. The number of aliphatic carboxylic acids is 1. The summed E-state index contributed by atoms with van der Waals surface area (Å²) in [6.07, 6.45) is 2.22. The van der Waals surface area contributed by atoms with Gasteiger partial charge in [-0.15, -0.1) is 0 Å². The third-order valence-corrected chi connectivity index (χ3v) is 3.05. The molecule has 0 atom stereocenters. The second-order valence-electron chi connectivity index (χ2n) is 4.66. The summed E-state index contributed by atoms with van der Waals surface area (Å²) < 4.78 is 16.2. The Hall–Kier alpha value is -2.80. The molecule has 7 nitrogen and oxygen atoms in total. The van der Waals surface area contributed by atoms with E-state index in [2.05, 4.69) is 4.98 Å². The minimum atomic E-state index is -1.08. The number of nitrogens with zero attached hydrogens (tertiary/aromatic N) is 1. The van der Waals surface area contributed by atoms with E-state index in [1.165, 1.54) is 13.2 Å². The van der Waals surface area contributed by atoms with Crippen LogP contribution in [0.25, 0.3) is 6.08 Å². The van der Waals surface area contributed by atoms with Crippen LogP contribution in [-0.4, -0.2) is 28.3 Å². The number of carbonyl (C=O) groups is 1. The van der Waals surface area contributed by atoms with Gasteiger partial charge in [0.25, 0.3) is 0 Å². The lowest BCUT2D eigenvalue weighted by atomic mass is 10.2. The van der Waals surface area contributed by atoms with Gasteiger partial charge in [-0.2, -0.15) is 0 Å². The van der Waals surface area contributed by atoms with Crippen molar-refractivity contribution in [3.63, 3.8) is 0 Å². The monoisotopic (exact) mass is 319 g/mol. The van der Waals surface area contributed by atoms with Crippen molar-refractivity contribution in [1.82, 2.24) is 4.98 Å². The molecule has 0 radical (unpaired) electrons. The smallest absolute Gasteiger partial charge is 0.328 e. The quantitative estimate of drug-likeness (QED) is 0.754. The molecule has 0 unspecified atom stereocenters. The van der Waals surface area contributed by atoms with Gasteiger partial charge in [0.2, 0.25) is 5.89 Å². The molecule has 122 valence electrons. The molecule has 23 heavy (non-hydrogen) atoms. The molecule has 0 fully saturated rings. The number of aliphatic hydroxyl groups is 1. The standard InChI is InChI=1S/C16H17NO6/c1-10-12(17-15(23-10)5-6-16(19)20)9-22-13-4-3-11(8-18)7-14(13)21-2/h3-7,18H,8-9H2,1-2H3,(H,19,20). The van der Waals surface area contributed by atoms with E-state index in [1.807, 2.05) is 0 Å². The third-order valence-electron chi connectivity index (χ3n) is 3.05. The molecule has 0 saturated carbocycles. The van der Waals surface area contributed by atoms with Crippen molar-refractivity contribution >= 4 is 12.0 Å². The summed E-state index contributed by atoms with van der Waals surface area (Å²) in [4.78, 5) is 14.6. The predicted octanol–water partition coefficient (Wildman–Crippen LogP) is 2.16. The zero-order valence-corrected chi connectivity index (χ0v) is 12.8. The zero-order chi connectivity index (χ0) is 16.8. The highest BCUT2D eigenvalue weighted by atomic mass is 16.5. The highest BCUT2D eigenvalue weighted by Crippen LogP contribution is 2.29. The number of aryl methyl sites for hydroxylation is 1. The van der Waals surface area contributed by atoms with E-state index in [-0.39, 0.29) is 19.1 Å². The molecule has 1 heterocycles. The van der Waals surface area contributed by atoms with Crippen LogP contribution in [0.15, 0.2) is 28.7 Å². The molecular weight excluding hydrogens is 302 g/mol. The number of aromatic nitrogens is 1. The number of hydrogen-bond acceptors (Lipinski definition) is 6. The lowest BCUT2D eigenvalue weighted by Gasteiger charge is -2.10. The Balaban J connectivity index is 2.10. The number of rotatable bonds is 7. The summed E-state index contributed by atoms with van der Waals surface area (Å²) >= 11 is 0. The zero-order valence-electron chi connectivity index (χ0n) is 12.8. The first-order valence-electron chi connectivity index (χ1n) is 6.81. The van der Waals surface area contributed by atoms with Gasteiger partial charge in [-0.25, -0.2) is 9.78 Å². The Morgan fingerprint density at radius 1 is 1.39 bits per heavy atom. The number of hydrogen-bond donors (Lipinski definition) is 2. The van der Waals surface area contributed by atoms with Crippen LogP contribution in [0, 0.1) is 6.92 Å². The van der Waals surface area contributed by atoms with Crippen molar-refractivity contribution in [3.8, 4) is 11.5 Å². The maximum Gasteiger partial charge on any atom is 0.328 e. The summed E-state index contributed by atoms with van der Waals surface area (Å²) in [6, 6.07) is 5.12. The summed E-state index contributed by atoms with van der Waals surface area (Å²) in [5.74, 6) is 0.679. The van der Waals surface area contributed by atoms with Crippen molar-refractivity contribution in [2.24, 2.45) is 0 Å². The molecule has 0 spiro atoms. The fourth-order valence-electron chi connectivity index (χ4n) is 1.87. The van der Waals surface area contributed by atoms with E-state index in [0.717, 1.165) is 6.08 Å². The molecule has 0 aliphatic carbocycles. The summed E-state index contributed by atoms with van der Waals surface area (Å²) in [5, 5.41) is 17.7. The van der Waals surface area contributed by atoms with Gasteiger partial charge in [0.05, 0.1) is 13.7 Å².